The molecule has 1 aliphatic heterocycles. The van der Waals surface area contributed by atoms with Crippen molar-refractivity contribution in [2.75, 3.05) is 27.3 Å². The molecule has 0 aliphatic carbocycles. The van der Waals surface area contributed by atoms with E-state index in [1.54, 1.807) is 0 Å². The SMILES string of the molecule is COC(=O)CC(NC(=O)CC(C)C1CCCNC1)C(=O)OC. The fourth-order valence-electron chi connectivity index (χ4n) is 2.66. The molecule has 1 rings (SSSR count). The van der Waals surface area contributed by atoms with E-state index >= 15 is 0 Å². The van der Waals surface area contributed by atoms with E-state index in [0.29, 0.717) is 12.3 Å². The Kier molecular flexibility index (Phi) is 7.87. The fraction of sp³-hybridized carbons (Fsp3) is 0.800. The summed E-state index contributed by atoms with van der Waals surface area (Å²) in [4.78, 5) is 35.0. The Hall–Kier alpha value is -1.63. The van der Waals surface area contributed by atoms with Crippen LogP contribution in [0.2, 0.25) is 0 Å². The van der Waals surface area contributed by atoms with Crippen LogP contribution in [0.5, 0.6) is 0 Å². The first-order chi connectivity index (χ1) is 10.5. The van der Waals surface area contributed by atoms with E-state index in [9.17, 15) is 14.4 Å². The maximum atomic E-state index is 12.1. The Balaban J connectivity index is 2.50. The molecule has 1 amide bonds. The number of ether oxygens (including phenoxy) is 2. The first-order valence-electron chi connectivity index (χ1n) is 7.62. The summed E-state index contributed by atoms with van der Waals surface area (Å²) in [6.07, 6.45) is 2.31. The van der Waals surface area contributed by atoms with Gasteiger partial charge in [0.05, 0.1) is 20.6 Å². The quantitative estimate of drug-likeness (QED) is 0.654. The van der Waals surface area contributed by atoms with E-state index in [4.69, 9.17) is 0 Å². The van der Waals surface area contributed by atoms with Crippen molar-refractivity contribution in [1.29, 1.82) is 0 Å². The lowest BCUT2D eigenvalue weighted by Crippen LogP contribution is -2.44. The number of hydrogen-bond donors (Lipinski definition) is 2. The minimum atomic E-state index is -0.998. The Morgan fingerprint density at radius 1 is 1.23 bits per heavy atom. The summed E-state index contributed by atoms with van der Waals surface area (Å²) in [5.74, 6) is -0.802. The van der Waals surface area contributed by atoms with E-state index in [2.05, 4.69) is 20.1 Å². The highest BCUT2D eigenvalue weighted by atomic mass is 16.5. The van der Waals surface area contributed by atoms with Crippen molar-refractivity contribution < 1.29 is 23.9 Å². The standard InChI is InChI=1S/C15H26N2O5/c1-10(11-5-4-6-16-9-11)7-13(18)17-12(15(20)22-3)8-14(19)21-2/h10-12,16H,4-9H2,1-3H3,(H,17,18). The number of piperidine rings is 1. The smallest absolute Gasteiger partial charge is 0.328 e. The van der Waals surface area contributed by atoms with Gasteiger partial charge in [0.2, 0.25) is 5.91 Å². The lowest BCUT2D eigenvalue weighted by atomic mass is 9.85. The molecule has 1 heterocycles. The molecule has 1 saturated heterocycles. The molecule has 7 heteroatoms. The van der Waals surface area contributed by atoms with Crippen molar-refractivity contribution in [2.45, 2.75) is 38.6 Å². The molecule has 1 fully saturated rings. The summed E-state index contributed by atoms with van der Waals surface area (Å²) < 4.78 is 9.14. The zero-order valence-corrected chi connectivity index (χ0v) is 13.5. The first-order valence-corrected chi connectivity index (χ1v) is 7.62. The van der Waals surface area contributed by atoms with Crippen LogP contribution in [0.4, 0.5) is 0 Å². The Bertz CT molecular complexity index is 393. The Morgan fingerprint density at radius 2 is 1.95 bits per heavy atom. The van der Waals surface area contributed by atoms with Crippen molar-refractivity contribution in [3.05, 3.63) is 0 Å². The normalized spacial score (nSPS) is 20.6. The molecule has 0 aromatic carbocycles. The van der Waals surface area contributed by atoms with Gasteiger partial charge in [0.25, 0.3) is 0 Å². The second kappa shape index (κ2) is 9.40. The van der Waals surface area contributed by atoms with E-state index in [1.165, 1.54) is 14.2 Å². The van der Waals surface area contributed by atoms with Gasteiger partial charge in [-0.15, -0.1) is 0 Å². The molecule has 7 nitrogen and oxygen atoms in total. The van der Waals surface area contributed by atoms with Gasteiger partial charge in [-0.05, 0) is 37.8 Å². The highest BCUT2D eigenvalue weighted by molar-refractivity contribution is 5.88. The summed E-state index contributed by atoms with van der Waals surface area (Å²) in [5, 5.41) is 5.89. The van der Waals surface area contributed by atoms with Gasteiger partial charge in [-0.2, -0.15) is 0 Å². The third-order valence-electron chi connectivity index (χ3n) is 4.07. The van der Waals surface area contributed by atoms with Crippen LogP contribution in [0, 0.1) is 11.8 Å². The lowest BCUT2D eigenvalue weighted by molar-refractivity contribution is -0.150. The van der Waals surface area contributed by atoms with Crippen LogP contribution in [0.25, 0.3) is 0 Å². The van der Waals surface area contributed by atoms with Crippen LogP contribution >= 0.6 is 0 Å². The van der Waals surface area contributed by atoms with E-state index < -0.39 is 18.0 Å². The number of nitrogens with one attached hydrogen (secondary N) is 2. The minimum absolute atomic E-state index is 0.212. The van der Waals surface area contributed by atoms with E-state index in [0.717, 1.165) is 25.9 Å². The lowest BCUT2D eigenvalue weighted by Gasteiger charge is -2.28. The van der Waals surface area contributed by atoms with Gasteiger partial charge in [-0.25, -0.2) is 4.79 Å². The number of carbonyl (C=O) groups excluding carboxylic acids is 3. The Morgan fingerprint density at radius 3 is 2.50 bits per heavy atom. The molecule has 0 saturated carbocycles. The number of amides is 1. The molecular formula is C15H26N2O5. The predicted molar refractivity (Wildman–Crippen MR) is 80.0 cm³/mol. The van der Waals surface area contributed by atoms with Gasteiger partial charge >= 0.3 is 11.9 Å². The zero-order chi connectivity index (χ0) is 16.5. The number of carbonyl (C=O) groups is 3. The number of rotatable bonds is 7. The van der Waals surface area contributed by atoms with Crippen molar-refractivity contribution >= 4 is 17.8 Å². The first kappa shape index (κ1) is 18.4. The van der Waals surface area contributed by atoms with Crippen LogP contribution < -0.4 is 10.6 Å². The molecule has 0 spiro atoms. The summed E-state index contributed by atoms with van der Waals surface area (Å²) in [6.45, 7) is 3.97. The molecule has 126 valence electrons. The summed E-state index contributed by atoms with van der Waals surface area (Å²) in [7, 11) is 2.45. The topological polar surface area (TPSA) is 93.7 Å². The monoisotopic (exact) mass is 314 g/mol. The average Bonchev–Trinajstić information content (AvgIpc) is 2.53. The highest BCUT2D eigenvalue weighted by Gasteiger charge is 2.27. The van der Waals surface area contributed by atoms with Gasteiger partial charge in [0.1, 0.15) is 6.04 Å². The van der Waals surface area contributed by atoms with Crippen molar-refractivity contribution in [3.63, 3.8) is 0 Å². The van der Waals surface area contributed by atoms with Crippen LogP contribution in [-0.2, 0) is 23.9 Å². The molecule has 2 N–H and O–H groups in total. The number of hydrogen-bond acceptors (Lipinski definition) is 6. The maximum absolute atomic E-state index is 12.1. The van der Waals surface area contributed by atoms with Crippen molar-refractivity contribution in [3.8, 4) is 0 Å². The summed E-state index contributed by atoms with van der Waals surface area (Å²) in [6, 6.07) is -0.998. The van der Waals surface area contributed by atoms with Crippen LogP contribution in [-0.4, -0.2) is 51.2 Å². The maximum Gasteiger partial charge on any atom is 0.328 e. The largest absolute Gasteiger partial charge is 0.469 e. The average molecular weight is 314 g/mol. The van der Waals surface area contributed by atoms with Gasteiger partial charge in [0, 0.05) is 6.42 Å². The zero-order valence-electron chi connectivity index (χ0n) is 13.5. The van der Waals surface area contributed by atoms with E-state index in [-0.39, 0.29) is 18.2 Å². The molecule has 3 atom stereocenters. The predicted octanol–water partition coefficient (Wildman–Crippen LogP) is 0.233. The molecular weight excluding hydrogens is 288 g/mol. The van der Waals surface area contributed by atoms with Crippen LogP contribution in [0.15, 0.2) is 0 Å². The van der Waals surface area contributed by atoms with Gasteiger partial charge < -0.3 is 20.1 Å². The third kappa shape index (κ3) is 6.01. The second-order valence-electron chi connectivity index (χ2n) is 5.71. The van der Waals surface area contributed by atoms with E-state index in [1.807, 2.05) is 6.92 Å². The van der Waals surface area contributed by atoms with Gasteiger partial charge in [-0.3, -0.25) is 9.59 Å². The van der Waals surface area contributed by atoms with Crippen molar-refractivity contribution in [1.82, 2.24) is 10.6 Å². The number of esters is 2. The molecule has 0 radical (unpaired) electrons. The van der Waals surface area contributed by atoms with Crippen LogP contribution in [0.1, 0.15) is 32.6 Å². The van der Waals surface area contributed by atoms with Gasteiger partial charge in [0.15, 0.2) is 0 Å². The second-order valence-corrected chi connectivity index (χ2v) is 5.71. The fourth-order valence-corrected chi connectivity index (χ4v) is 2.66. The molecule has 3 unspecified atom stereocenters. The third-order valence-corrected chi connectivity index (χ3v) is 4.07. The highest BCUT2D eigenvalue weighted by Crippen LogP contribution is 2.22. The molecule has 0 aromatic heterocycles. The molecule has 1 aliphatic rings. The van der Waals surface area contributed by atoms with Gasteiger partial charge in [-0.1, -0.05) is 6.92 Å². The van der Waals surface area contributed by atoms with Crippen molar-refractivity contribution in [2.24, 2.45) is 11.8 Å². The molecule has 22 heavy (non-hydrogen) atoms. The number of methoxy groups -OCH3 is 2. The summed E-state index contributed by atoms with van der Waals surface area (Å²) in [5.41, 5.74) is 0. The Labute approximate surface area is 131 Å². The minimum Gasteiger partial charge on any atom is -0.469 e. The summed E-state index contributed by atoms with van der Waals surface area (Å²) >= 11 is 0. The molecule has 0 aromatic rings. The van der Waals surface area contributed by atoms with Crippen LogP contribution in [0.3, 0.4) is 0 Å². The molecule has 0 bridgehead atoms.